The molecule has 5 nitrogen and oxygen atoms in total. The van der Waals surface area contributed by atoms with Gasteiger partial charge < -0.3 is 0 Å². The zero-order valence-corrected chi connectivity index (χ0v) is 9.48. The van der Waals surface area contributed by atoms with E-state index in [2.05, 4.69) is 5.32 Å². The Kier molecular flexibility index (Phi) is 4.21. The van der Waals surface area contributed by atoms with Crippen LogP contribution < -0.4 is 5.32 Å². The van der Waals surface area contributed by atoms with Crippen molar-refractivity contribution in [2.75, 3.05) is 19.6 Å². The predicted molar refractivity (Wildman–Crippen MR) is 57.8 cm³/mol. The van der Waals surface area contributed by atoms with Crippen molar-refractivity contribution in [1.29, 1.82) is 0 Å². The Bertz CT molecular complexity index is 285. The summed E-state index contributed by atoms with van der Waals surface area (Å²) in [5.41, 5.74) is 0. The molecule has 0 aromatic carbocycles. The van der Waals surface area contributed by atoms with Crippen molar-refractivity contribution in [2.24, 2.45) is 0 Å². The molecular formula is C8H9IN2O3. The number of imide groups is 1. The molecular weight excluding hydrogens is 299 g/mol. The number of carbonyl (C=O) groups excluding carboxylic acids is 3. The van der Waals surface area contributed by atoms with Crippen LogP contribution in [0.5, 0.6) is 0 Å². The summed E-state index contributed by atoms with van der Waals surface area (Å²) in [4.78, 5) is 34.0. The second-order valence-electron chi connectivity index (χ2n) is 2.85. The van der Waals surface area contributed by atoms with Crippen LogP contribution in [0.2, 0.25) is 0 Å². The third-order valence-corrected chi connectivity index (χ3v) is 1.99. The lowest BCUT2D eigenvalue weighted by molar-refractivity contribution is -0.135. The van der Waals surface area contributed by atoms with Gasteiger partial charge in [0.25, 0.3) is 0 Å². The van der Waals surface area contributed by atoms with Crippen molar-refractivity contribution >= 4 is 38.2 Å². The molecule has 1 rings (SSSR count). The summed E-state index contributed by atoms with van der Waals surface area (Å²) in [6, 6.07) is 0. The van der Waals surface area contributed by atoms with Crippen LogP contribution >= 0.6 is 22.6 Å². The maximum atomic E-state index is 10.9. The lowest BCUT2D eigenvalue weighted by atomic mass is 10.3. The van der Waals surface area contributed by atoms with Gasteiger partial charge >= 0.3 is 0 Å². The van der Waals surface area contributed by atoms with Gasteiger partial charge in [-0.05, 0) is 6.08 Å². The Labute approximate surface area is 94.7 Å². The molecule has 1 aliphatic rings. The summed E-state index contributed by atoms with van der Waals surface area (Å²) in [7, 11) is 0. The third kappa shape index (κ3) is 3.97. The first kappa shape index (κ1) is 11.3. The minimum atomic E-state index is -0.296. The summed E-state index contributed by atoms with van der Waals surface area (Å²) in [6.45, 7) is 0.838. The minimum absolute atomic E-state index is 0.0737. The van der Waals surface area contributed by atoms with Crippen LogP contribution in [0.3, 0.4) is 0 Å². The molecule has 0 aromatic rings. The molecule has 1 fully saturated rings. The average Bonchev–Trinajstić information content (AvgIpc) is 2.01. The molecule has 1 aliphatic heterocycles. The molecule has 0 radical (unpaired) electrons. The van der Waals surface area contributed by atoms with Gasteiger partial charge in [-0.25, -0.2) is 0 Å². The van der Waals surface area contributed by atoms with Gasteiger partial charge in [-0.1, -0.05) is 6.08 Å². The average molecular weight is 308 g/mol. The Hall–Kier alpha value is -0.760. The van der Waals surface area contributed by atoms with Crippen molar-refractivity contribution in [2.45, 2.75) is 0 Å². The van der Waals surface area contributed by atoms with Crippen molar-refractivity contribution in [3.8, 4) is 0 Å². The summed E-state index contributed by atoms with van der Waals surface area (Å²) in [5, 5.41) is 2.20. The van der Waals surface area contributed by atoms with Crippen molar-refractivity contribution < 1.29 is 14.4 Å². The maximum absolute atomic E-state index is 10.9. The largest absolute Gasteiger partial charge is 0.294 e. The van der Waals surface area contributed by atoms with E-state index >= 15 is 0 Å². The van der Waals surface area contributed by atoms with E-state index in [1.807, 2.05) is 0 Å². The van der Waals surface area contributed by atoms with Crippen LogP contribution in [-0.4, -0.2) is 40.1 Å². The zero-order chi connectivity index (χ0) is 10.6. The lowest BCUT2D eigenvalue weighted by Gasteiger charge is -2.23. The van der Waals surface area contributed by atoms with Gasteiger partial charge in [0, 0.05) is 29.1 Å². The van der Waals surface area contributed by atoms with E-state index in [1.54, 1.807) is 33.6 Å². The van der Waals surface area contributed by atoms with Crippen molar-refractivity contribution in [3.05, 3.63) is 12.2 Å². The van der Waals surface area contributed by atoms with Gasteiger partial charge in [-0.3, -0.25) is 24.6 Å². The van der Waals surface area contributed by atoms with E-state index in [-0.39, 0.29) is 28.7 Å². The first-order valence-electron chi connectivity index (χ1n) is 3.99. The number of nitrogens with one attached hydrogen (secondary N) is 1. The Morgan fingerprint density at radius 3 is 2.50 bits per heavy atom. The highest BCUT2D eigenvalue weighted by molar-refractivity contribution is 14.1. The molecule has 2 amide bonds. The number of nitrogens with zero attached hydrogens (tertiary/aromatic N) is 1. The molecule has 1 N–H and O–H groups in total. The first-order valence-corrected chi connectivity index (χ1v) is 5.07. The molecule has 0 aliphatic carbocycles. The first-order chi connectivity index (χ1) is 6.58. The van der Waals surface area contributed by atoms with E-state index in [0.717, 1.165) is 0 Å². The number of rotatable bonds is 3. The van der Waals surface area contributed by atoms with E-state index in [9.17, 15) is 14.4 Å². The second-order valence-corrected chi connectivity index (χ2v) is 3.91. The van der Waals surface area contributed by atoms with E-state index in [4.69, 9.17) is 0 Å². The van der Waals surface area contributed by atoms with Crippen LogP contribution in [0, 0.1) is 0 Å². The highest BCUT2D eigenvalue weighted by atomic mass is 127. The quantitative estimate of drug-likeness (QED) is 0.329. The number of hydrogen-bond donors (Lipinski definition) is 1. The molecule has 0 saturated carbocycles. The SMILES string of the molecule is O=C(I)/C=C/CN1CC(=O)NC(=O)C1. The zero-order valence-electron chi connectivity index (χ0n) is 7.33. The van der Waals surface area contributed by atoms with Crippen LogP contribution in [0.25, 0.3) is 0 Å². The number of hydrogen-bond acceptors (Lipinski definition) is 4. The molecule has 14 heavy (non-hydrogen) atoms. The second kappa shape index (κ2) is 5.20. The van der Waals surface area contributed by atoms with Gasteiger partial charge in [-0.2, -0.15) is 0 Å². The lowest BCUT2D eigenvalue weighted by Crippen LogP contribution is -2.51. The molecule has 1 saturated heterocycles. The molecule has 6 heteroatoms. The van der Waals surface area contributed by atoms with Gasteiger partial charge in [-0.15, -0.1) is 0 Å². The highest BCUT2D eigenvalue weighted by Crippen LogP contribution is 1.95. The number of allylic oxidation sites excluding steroid dienone is 1. The Balaban J connectivity index is 2.41. The summed E-state index contributed by atoms with van der Waals surface area (Å²) in [5.74, 6) is -0.592. The predicted octanol–water partition coefficient (Wildman–Crippen LogP) is -0.537. The number of halogens is 1. The van der Waals surface area contributed by atoms with Crippen LogP contribution in [0.1, 0.15) is 0 Å². The fraction of sp³-hybridized carbons (Fsp3) is 0.375. The highest BCUT2D eigenvalue weighted by Gasteiger charge is 2.20. The summed E-state index contributed by atoms with van der Waals surface area (Å²) < 4.78 is -0.0737. The number of amides is 2. The molecule has 1 heterocycles. The molecule has 0 bridgehead atoms. The van der Waals surface area contributed by atoms with Gasteiger partial charge in [0.2, 0.25) is 15.6 Å². The smallest absolute Gasteiger partial charge is 0.240 e. The Morgan fingerprint density at radius 1 is 1.43 bits per heavy atom. The molecule has 0 atom stereocenters. The normalized spacial score (nSPS) is 18.6. The van der Waals surface area contributed by atoms with Crippen molar-refractivity contribution in [3.63, 3.8) is 0 Å². The van der Waals surface area contributed by atoms with E-state index < -0.39 is 0 Å². The Morgan fingerprint density at radius 2 is 2.00 bits per heavy atom. The van der Waals surface area contributed by atoms with Gasteiger partial charge in [0.05, 0.1) is 13.1 Å². The van der Waals surface area contributed by atoms with Crippen LogP contribution in [0.15, 0.2) is 12.2 Å². The van der Waals surface area contributed by atoms with E-state index in [0.29, 0.717) is 6.54 Å². The molecule has 0 aromatic heterocycles. The summed E-state index contributed by atoms with van der Waals surface area (Å²) >= 11 is 1.65. The third-order valence-electron chi connectivity index (χ3n) is 1.63. The van der Waals surface area contributed by atoms with Crippen LogP contribution in [0.4, 0.5) is 0 Å². The van der Waals surface area contributed by atoms with Gasteiger partial charge in [0.15, 0.2) is 0 Å². The molecule has 0 unspecified atom stereocenters. The minimum Gasteiger partial charge on any atom is -0.294 e. The van der Waals surface area contributed by atoms with Gasteiger partial charge in [0.1, 0.15) is 0 Å². The van der Waals surface area contributed by atoms with Crippen LogP contribution in [-0.2, 0) is 14.4 Å². The fourth-order valence-electron chi connectivity index (χ4n) is 1.12. The summed E-state index contributed by atoms with van der Waals surface area (Å²) in [6.07, 6.45) is 3.05. The van der Waals surface area contributed by atoms with E-state index in [1.165, 1.54) is 6.08 Å². The maximum Gasteiger partial charge on any atom is 0.240 e. The van der Waals surface area contributed by atoms with Crippen molar-refractivity contribution in [1.82, 2.24) is 10.2 Å². The molecule has 76 valence electrons. The fourth-order valence-corrected chi connectivity index (χ4v) is 1.37. The molecule has 0 spiro atoms. The topological polar surface area (TPSA) is 66.5 Å². The standard InChI is InChI=1S/C8H9IN2O3/c9-6(12)2-1-3-11-4-7(13)10-8(14)5-11/h1-2H,3-5H2,(H,10,13,14)/b2-1+. The number of carbonyl (C=O) groups is 3. The number of piperazine rings is 1. The monoisotopic (exact) mass is 308 g/mol.